The van der Waals surface area contributed by atoms with Crippen LogP contribution in [0, 0.1) is 5.82 Å². The lowest BCUT2D eigenvalue weighted by atomic mass is 10.1. The van der Waals surface area contributed by atoms with E-state index in [0.717, 1.165) is 0 Å². The third-order valence-corrected chi connectivity index (χ3v) is 2.90. The Morgan fingerprint density at radius 3 is 2.62 bits per heavy atom. The number of para-hydroxylation sites is 1. The van der Waals surface area contributed by atoms with Crippen molar-refractivity contribution in [3.05, 3.63) is 47.8 Å². The van der Waals surface area contributed by atoms with Crippen molar-refractivity contribution in [1.29, 1.82) is 0 Å². The maximum absolute atomic E-state index is 13.3. The van der Waals surface area contributed by atoms with Crippen molar-refractivity contribution in [3.63, 3.8) is 0 Å². The summed E-state index contributed by atoms with van der Waals surface area (Å²) in [6.07, 6.45) is 0. The van der Waals surface area contributed by atoms with E-state index in [9.17, 15) is 9.18 Å². The van der Waals surface area contributed by atoms with Crippen LogP contribution in [0.2, 0.25) is 0 Å². The minimum atomic E-state index is -0.503. The molecular weight excluding hydrogens is 275 g/mol. The number of nitrogens with two attached hydrogens (primary N) is 1. The van der Waals surface area contributed by atoms with E-state index in [1.54, 1.807) is 18.2 Å². The topological polar surface area (TPSA) is 73.6 Å². The summed E-state index contributed by atoms with van der Waals surface area (Å²) in [5.41, 5.74) is 6.81. The smallest absolute Gasteiger partial charge is 0.259 e. The SMILES string of the molecule is COc1cc(NC(=O)c2cccc(N)c2OC)ccc1F. The number of methoxy groups -OCH3 is 2. The Morgan fingerprint density at radius 2 is 1.95 bits per heavy atom. The third-order valence-electron chi connectivity index (χ3n) is 2.90. The second-order valence-corrected chi connectivity index (χ2v) is 4.23. The summed E-state index contributed by atoms with van der Waals surface area (Å²) < 4.78 is 23.3. The van der Waals surface area contributed by atoms with Gasteiger partial charge in [0.05, 0.1) is 25.5 Å². The molecule has 3 N–H and O–H groups in total. The van der Waals surface area contributed by atoms with Crippen molar-refractivity contribution >= 4 is 17.3 Å². The number of amides is 1. The van der Waals surface area contributed by atoms with Crippen LogP contribution in [0.1, 0.15) is 10.4 Å². The largest absolute Gasteiger partial charge is 0.494 e. The monoisotopic (exact) mass is 290 g/mol. The molecule has 0 saturated heterocycles. The summed E-state index contributed by atoms with van der Waals surface area (Å²) in [7, 11) is 2.79. The Kier molecular flexibility index (Phi) is 4.27. The summed E-state index contributed by atoms with van der Waals surface area (Å²) in [4.78, 5) is 12.2. The maximum atomic E-state index is 13.3. The number of carbonyl (C=O) groups excluding carboxylic acids is 1. The van der Waals surface area contributed by atoms with Crippen molar-refractivity contribution in [3.8, 4) is 11.5 Å². The van der Waals surface area contributed by atoms with Gasteiger partial charge in [-0.05, 0) is 24.3 Å². The maximum Gasteiger partial charge on any atom is 0.259 e. The number of hydrogen-bond donors (Lipinski definition) is 2. The van der Waals surface area contributed by atoms with Crippen LogP contribution in [0.5, 0.6) is 11.5 Å². The average Bonchev–Trinajstić information content (AvgIpc) is 2.48. The number of rotatable bonds is 4. The highest BCUT2D eigenvalue weighted by molar-refractivity contribution is 6.07. The number of hydrogen-bond acceptors (Lipinski definition) is 4. The molecule has 110 valence electrons. The fraction of sp³-hybridized carbons (Fsp3) is 0.133. The van der Waals surface area contributed by atoms with Crippen molar-refractivity contribution in [1.82, 2.24) is 0 Å². The molecule has 0 unspecified atom stereocenters. The van der Waals surface area contributed by atoms with E-state index in [-0.39, 0.29) is 5.75 Å². The third kappa shape index (κ3) is 3.05. The zero-order chi connectivity index (χ0) is 15.4. The fourth-order valence-electron chi connectivity index (χ4n) is 1.90. The first-order valence-corrected chi connectivity index (χ1v) is 6.14. The summed E-state index contributed by atoms with van der Waals surface area (Å²) in [6, 6.07) is 8.92. The van der Waals surface area contributed by atoms with Crippen LogP contribution in [0.15, 0.2) is 36.4 Å². The molecule has 0 fully saturated rings. The van der Waals surface area contributed by atoms with Crippen LogP contribution in [-0.2, 0) is 0 Å². The molecule has 5 nitrogen and oxygen atoms in total. The van der Waals surface area contributed by atoms with E-state index in [1.165, 1.54) is 32.4 Å². The Balaban J connectivity index is 2.28. The summed E-state index contributed by atoms with van der Waals surface area (Å²) >= 11 is 0. The van der Waals surface area contributed by atoms with Crippen LogP contribution < -0.4 is 20.5 Å². The lowest BCUT2D eigenvalue weighted by Gasteiger charge is -2.12. The minimum Gasteiger partial charge on any atom is -0.494 e. The molecule has 0 saturated carbocycles. The van der Waals surface area contributed by atoms with E-state index in [1.807, 2.05) is 0 Å². The molecular formula is C15H15FN2O3. The van der Waals surface area contributed by atoms with Crippen LogP contribution in [0.25, 0.3) is 0 Å². The Bertz CT molecular complexity index is 674. The van der Waals surface area contributed by atoms with E-state index in [0.29, 0.717) is 22.7 Å². The molecule has 0 heterocycles. The molecule has 0 bridgehead atoms. The van der Waals surface area contributed by atoms with Gasteiger partial charge in [0.15, 0.2) is 17.3 Å². The number of benzene rings is 2. The van der Waals surface area contributed by atoms with Gasteiger partial charge in [-0.25, -0.2) is 4.39 Å². The van der Waals surface area contributed by atoms with Crippen molar-refractivity contribution in [2.75, 3.05) is 25.3 Å². The van der Waals surface area contributed by atoms with Gasteiger partial charge in [-0.3, -0.25) is 4.79 Å². The summed E-state index contributed by atoms with van der Waals surface area (Å²) in [6.45, 7) is 0. The lowest BCUT2D eigenvalue weighted by Crippen LogP contribution is -2.14. The highest BCUT2D eigenvalue weighted by Crippen LogP contribution is 2.27. The quantitative estimate of drug-likeness (QED) is 0.849. The number of carbonyl (C=O) groups is 1. The molecule has 0 aliphatic heterocycles. The van der Waals surface area contributed by atoms with Gasteiger partial charge in [-0.2, -0.15) is 0 Å². The molecule has 0 aliphatic carbocycles. The molecule has 0 radical (unpaired) electrons. The van der Waals surface area contributed by atoms with E-state index < -0.39 is 11.7 Å². The average molecular weight is 290 g/mol. The van der Waals surface area contributed by atoms with Gasteiger partial charge in [0.2, 0.25) is 0 Å². The lowest BCUT2D eigenvalue weighted by molar-refractivity contribution is 0.102. The van der Waals surface area contributed by atoms with E-state index in [4.69, 9.17) is 15.2 Å². The molecule has 6 heteroatoms. The number of anilines is 2. The van der Waals surface area contributed by atoms with Crippen molar-refractivity contribution in [2.45, 2.75) is 0 Å². The van der Waals surface area contributed by atoms with Gasteiger partial charge in [-0.15, -0.1) is 0 Å². The molecule has 0 atom stereocenters. The fourth-order valence-corrected chi connectivity index (χ4v) is 1.90. The van der Waals surface area contributed by atoms with Gasteiger partial charge in [0, 0.05) is 11.8 Å². The van der Waals surface area contributed by atoms with Gasteiger partial charge < -0.3 is 20.5 Å². The first-order chi connectivity index (χ1) is 10.1. The van der Waals surface area contributed by atoms with Crippen molar-refractivity contribution < 1.29 is 18.7 Å². The van der Waals surface area contributed by atoms with E-state index in [2.05, 4.69) is 5.32 Å². The molecule has 21 heavy (non-hydrogen) atoms. The van der Waals surface area contributed by atoms with Crippen molar-refractivity contribution in [2.24, 2.45) is 0 Å². The second-order valence-electron chi connectivity index (χ2n) is 4.23. The van der Waals surface area contributed by atoms with Crippen LogP contribution in [-0.4, -0.2) is 20.1 Å². The first-order valence-electron chi connectivity index (χ1n) is 6.14. The van der Waals surface area contributed by atoms with E-state index >= 15 is 0 Å². The molecule has 0 spiro atoms. The first kappa shape index (κ1) is 14.6. The van der Waals surface area contributed by atoms with Crippen LogP contribution >= 0.6 is 0 Å². The predicted molar refractivity (Wildman–Crippen MR) is 78.3 cm³/mol. The Hall–Kier alpha value is -2.76. The Labute approximate surface area is 121 Å². The molecule has 0 aliphatic rings. The molecule has 2 aromatic rings. The highest BCUT2D eigenvalue weighted by Gasteiger charge is 2.15. The molecule has 2 aromatic carbocycles. The molecule has 1 amide bonds. The highest BCUT2D eigenvalue weighted by atomic mass is 19.1. The molecule has 0 aromatic heterocycles. The number of ether oxygens (including phenoxy) is 2. The van der Waals surface area contributed by atoms with Crippen LogP contribution in [0.3, 0.4) is 0 Å². The normalized spacial score (nSPS) is 10.0. The van der Waals surface area contributed by atoms with Gasteiger partial charge in [-0.1, -0.05) is 6.07 Å². The number of nitrogen functional groups attached to an aromatic ring is 1. The zero-order valence-electron chi connectivity index (χ0n) is 11.6. The van der Waals surface area contributed by atoms with Gasteiger partial charge >= 0.3 is 0 Å². The van der Waals surface area contributed by atoms with Crippen LogP contribution in [0.4, 0.5) is 15.8 Å². The molecule has 2 rings (SSSR count). The Morgan fingerprint density at radius 1 is 1.19 bits per heavy atom. The standard InChI is InChI=1S/C15H15FN2O3/c1-20-13-8-9(6-7-11(13)16)18-15(19)10-4-3-5-12(17)14(10)21-2/h3-8H,17H2,1-2H3,(H,18,19). The summed E-state index contributed by atoms with van der Waals surface area (Å²) in [5, 5.41) is 2.64. The van der Waals surface area contributed by atoms with Gasteiger partial charge in [0.1, 0.15) is 0 Å². The minimum absolute atomic E-state index is 0.0485. The summed E-state index contributed by atoms with van der Waals surface area (Å²) in [5.74, 6) is -0.568. The number of halogens is 1. The number of nitrogens with one attached hydrogen (secondary N) is 1. The predicted octanol–water partition coefficient (Wildman–Crippen LogP) is 2.68. The van der Waals surface area contributed by atoms with Gasteiger partial charge in [0.25, 0.3) is 5.91 Å². The second kappa shape index (κ2) is 6.13. The zero-order valence-corrected chi connectivity index (χ0v) is 11.6.